The van der Waals surface area contributed by atoms with Crippen LogP contribution in [-0.2, 0) is 15.9 Å². The molecule has 1 N–H and O–H groups in total. The fourth-order valence-electron chi connectivity index (χ4n) is 2.05. The van der Waals surface area contributed by atoms with Crippen molar-refractivity contribution in [1.82, 2.24) is 5.32 Å². The Balaban J connectivity index is 2.00. The SMILES string of the molecule is CNC(Cc1c(F)cccc1F)CC1OCCO1. The van der Waals surface area contributed by atoms with Crippen LogP contribution in [0.15, 0.2) is 18.2 Å². The van der Waals surface area contributed by atoms with Crippen molar-refractivity contribution in [3.8, 4) is 0 Å². The lowest BCUT2D eigenvalue weighted by molar-refractivity contribution is -0.0523. The van der Waals surface area contributed by atoms with Crippen LogP contribution < -0.4 is 5.32 Å². The van der Waals surface area contributed by atoms with Crippen molar-refractivity contribution in [2.45, 2.75) is 25.2 Å². The maximum Gasteiger partial charge on any atom is 0.159 e. The van der Waals surface area contributed by atoms with Crippen molar-refractivity contribution in [3.05, 3.63) is 35.4 Å². The Morgan fingerprint density at radius 2 is 1.89 bits per heavy atom. The van der Waals surface area contributed by atoms with Crippen LogP contribution in [0.1, 0.15) is 12.0 Å². The van der Waals surface area contributed by atoms with Gasteiger partial charge >= 0.3 is 0 Å². The molecule has 0 spiro atoms. The summed E-state index contributed by atoms with van der Waals surface area (Å²) in [7, 11) is 1.76. The number of nitrogens with one attached hydrogen (secondary N) is 1. The molecule has 1 aromatic rings. The van der Waals surface area contributed by atoms with Gasteiger partial charge in [0.1, 0.15) is 11.6 Å². The van der Waals surface area contributed by atoms with Gasteiger partial charge in [0, 0.05) is 18.0 Å². The van der Waals surface area contributed by atoms with E-state index in [2.05, 4.69) is 5.32 Å². The minimum Gasteiger partial charge on any atom is -0.350 e. The predicted molar refractivity (Wildman–Crippen MR) is 63.2 cm³/mol. The fourth-order valence-corrected chi connectivity index (χ4v) is 2.05. The van der Waals surface area contributed by atoms with Gasteiger partial charge in [0.25, 0.3) is 0 Å². The Kier molecular flexibility index (Phi) is 4.63. The van der Waals surface area contributed by atoms with E-state index in [1.807, 2.05) is 0 Å². The third kappa shape index (κ3) is 3.25. The topological polar surface area (TPSA) is 30.5 Å². The number of hydrogen-bond donors (Lipinski definition) is 1. The van der Waals surface area contributed by atoms with Gasteiger partial charge in [0.15, 0.2) is 6.29 Å². The molecule has 1 aromatic carbocycles. The molecule has 0 aromatic heterocycles. The summed E-state index contributed by atoms with van der Waals surface area (Å²) in [6.45, 7) is 1.16. The quantitative estimate of drug-likeness (QED) is 0.873. The number of benzene rings is 1. The summed E-state index contributed by atoms with van der Waals surface area (Å²) in [5.41, 5.74) is 0.106. The van der Waals surface area contributed by atoms with Crippen LogP contribution in [0.2, 0.25) is 0 Å². The molecule has 0 bridgehead atoms. The van der Waals surface area contributed by atoms with Gasteiger partial charge in [-0.15, -0.1) is 0 Å². The largest absolute Gasteiger partial charge is 0.350 e. The van der Waals surface area contributed by atoms with Crippen molar-refractivity contribution in [2.24, 2.45) is 0 Å². The summed E-state index contributed by atoms with van der Waals surface area (Å²) in [4.78, 5) is 0. The highest BCUT2D eigenvalue weighted by atomic mass is 19.1. The summed E-state index contributed by atoms with van der Waals surface area (Å²) >= 11 is 0. The Bertz CT molecular complexity index is 374. The van der Waals surface area contributed by atoms with E-state index in [4.69, 9.17) is 9.47 Å². The molecule has 1 saturated heterocycles. The lowest BCUT2D eigenvalue weighted by atomic mass is 10.0. The second-order valence-corrected chi connectivity index (χ2v) is 4.30. The number of rotatable bonds is 5. The summed E-state index contributed by atoms with van der Waals surface area (Å²) in [5, 5.41) is 3.04. The van der Waals surface area contributed by atoms with Gasteiger partial charge in [0.2, 0.25) is 0 Å². The van der Waals surface area contributed by atoms with Crippen LogP contribution in [0.4, 0.5) is 8.78 Å². The second kappa shape index (κ2) is 6.22. The van der Waals surface area contributed by atoms with Gasteiger partial charge in [-0.2, -0.15) is 0 Å². The molecule has 0 aliphatic carbocycles. The normalized spacial score (nSPS) is 18.2. The lowest BCUT2D eigenvalue weighted by Gasteiger charge is -2.19. The lowest BCUT2D eigenvalue weighted by Crippen LogP contribution is -2.32. The molecular formula is C13H17F2NO2. The van der Waals surface area contributed by atoms with Crippen LogP contribution in [0.5, 0.6) is 0 Å². The number of likely N-dealkylation sites (N-methyl/N-ethyl adjacent to an activating group) is 1. The zero-order chi connectivity index (χ0) is 13.0. The molecule has 1 heterocycles. The van der Waals surface area contributed by atoms with Crippen LogP contribution >= 0.6 is 0 Å². The summed E-state index contributed by atoms with van der Waals surface area (Å²) in [6.07, 6.45) is 0.569. The van der Waals surface area contributed by atoms with E-state index in [0.29, 0.717) is 19.6 Å². The molecule has 18 heavy (non-hydrogen) atoms. The van der Waals surface area contributed by atoms with Gasteiger partial charge in [-0.3, -0.25) is 0 Å². The third-order valence-electron chi connectivity index (χ3n) is 3.09. The molecule has 1 unspecified atom stereocenters. The molecule has 0 radical (unpaired) electrons. The molecule has 100 valence electrons. The van der Waals surface area contributed by atoms with Gasteiger partial charge in [0.05, 0.1) is 13.2 Å². The van der Waals surface area contributed by atoms with Crippen LogP contribution in [0.3, 0.4) is 0 Å². The maximum absolute atomic E-state index is 13.5. The third-order valence-corrected chi connectivity index (χ3v) is 3.09. The first-order chi connectivity index (χ1) is 8.70. The van der Waals surface area contributed by atoms with Crippen molar-refractivity contribution < 1.29 is 18.3 Å². The molecule has 2 rings (SSSR count). The predicted octanol–water partition coefficient (Wildman–Crippen LogP) is 1.86. The van der Waals surface area contributed by atoms with E-state index in [9.17, 15) is 8.78 Å². The maximum atomic E-state index is 13.5. The molecule has 1 fully saturated rings. The Labute approximate surface area is 105 Å². The molecule has 1 aliphatic rings. The van der Waals surface area contributed by atoms with Crippen LogP contribution in [-0.4, -0.2) is 32.6 Å². The molecule has 0 saturated carbocycles. The standard InChI is InChI=1S/C13H17F2NO2/c1-16-9(8-13-17-5-6-18-13)7-10-11(14)3-2-4-12(10)15/h2-4,9,13,16H,5-8H2,1H3. The summed E-state index contributed by atoms with van der Waals surface area (Å²) in [6, 6.07) is 3.83. The molecule has 3 nitrogen and oxygen atoms in total. The van der Waals surface area contributed by atoms with Crippen molar-refractivity contribution in [2.75, 3.05) is 20.3 Å². The zero-order valence-electron chi connectivity index (χ0n) is 10.3. The van der Waals surface area contributed by atoms with Crippen LogP contribution in [0, 0.1) is 11.6 Å². The first-order valence-corrected chi connectivity index (χ1v) is 6.04. The van der Waals surface area contributed by atoms with Crippen LogP contribution in [0.25, 0.3) is 0 Å². The monoisotopic (exact) mass is 257 g/mol. The average Bonchev–Trinajstić information content (AvgIpc) is 2.85. The van der Waals surface area contributed by atoms with E-state index < -0.39 is 11.6 Å². The van der Waals surface area contributed by atoms with E-state index in [1.165, 1.54) is 18.2 Å². The minimum absolute atomic E-state index is 0.0838. The molecule has 1 atom stereocenters. The Morgan fingerprint density at radius 1 is 1.28 bits per heavy atom. The second-order valence-electron chi connectivity index (χ2n) is 4.30. The molecule has 1 aliphatic heterocycles. The van der Waals surface area contributed by atoms with Crippen molar-refractivity contribution in [1.29, 1.82) is 0 Å². The van der Waals surface area contributed by atoms with E-state index in [-0.39, 0.29) is 24.3 Å². The first-order valence-electron chi connectivity index (χ1n) is 6.04. The number of halogens is 2. The average molecular weight is 257 g/mol. The number of hydrogen-bond acceptors (Lipinski definition) is 3. The van der Waals surface area contributed by atoms with Crippen molar-refractivity contribution >= 4 is 0 Å². The van der Waals surface area contributed by atoms with E-state index in [0.717, 1.165) is 0 Å². The number of ether oxygens (including phenoxy) is 2. The molecule has 0 amide bonds. The van der Waals surface area contributed by atoms with Gasteiger partial charge in [-0.1, -0.05) is 6.07 Å². The molecule has 5 heteroatoms. The minimum atomic E-state index is -0.511. The summed E-state index contributed by atoms with van der Waals surface area (Å²) in [5.74, 6) is -1.02. The highest BCUT2D eigenvalue weighted by molar-refractivity contribution is 5.20. The highest BCUT2D eigenvalue weighted by Crippen LogP contribution is 2.18. The Morgan fingerprint density at radius 3 is 2.44 bits per heavy atom. The van der Waals surface area contributed by atoms with Gasteiger partial charge in [-0.05, 0) is 25.6 Å². The molecular weight excluding hydrogens is 240 g/mol. The zero-order valence-corrected chi connectivity index (χ0v) is 10.3. The van der Waals surface area contributed by atoms with E-state index in [1.54, 1.807) is 7.05 Å². The van der Waals surface area contributed by atoms with Gasteiger partial charge < -0.3 is 14.8 Å². The van der Waals surface area contributed by atoms with E-state index >= 15 is 0 Å². The first kappa shape index (κ1) is 13.4. The Hall–Kier alpha value is -1.04. The summed E-state index contributed by atoms with van der Waals surface area (Å²) < 4.78 is 37.7. The van der Waals surface area contributed by atoms with Crippen molar-refractivity contribution in [3.63, 3.8) is 0 Å². The highest BCUT2D eigenvalue weighted by Gasteiger charge is 2.22. The smallest absolute Gasteiger partial charge is 0.159 e. The van der Waals surface area contributed by atoms with Gasteiger partial charge in [-0.25, -0.2) is 8.78 Å². The fraction of sp³-hybridized carbons (Fsp3) is 0.538.